The van der Waals surface area contributed by atoms with Crippen LogP contribution in [0.25, 0.3) is 0 Å². The Morgan fingerprint density at radius 3 is 2.31 bits per heavy atom. The molecule has 0 radical (unpaired) electrons. The molecule has 2 nitrogen and oxygen atoms in total. The summed E-state index contributed by atoms with van der Waals surface area (Å²) in [6.45, 7) is 0. The van der Waals surface area contributed by atoms with Gasteiger partial charge in [-0.15, -0.1) is 0 Å². The molecule has 72 valence electrons. The molecule has 0 fully saturated rings. The fourth-order valence-corrected chi connectivity index (χ4v) is 0.738. The van der Waals surface area contributed by atoms with Crippen LogP contribution >= 0.6 is 0 Å². The van der Waals surface area contributed by atoms with E-state index in [1.807, 2.05) is 0 Å². The van der Waals surface area contributed by atoms with Crippen LogP contribution in [0.5, 0.6) is 0 Å². The normalized spacial score (nSPS) is 14.2. The van der Waals surface area contributed by atoms with Gasteiger partial charge in [0.05, 0.1) is 0 Å². The second-order valence-corrected chi connectivity index (χ2v) is 2.36. The summed E-state index contributed by atoms with van der Waals surface area (Å²) in [4.78, 5) is 2.99. The first-order chi connectivity index (χ1) is 5.91. The third kappa shape index (κ3) is 2.38. The molecule has 1 aromatic heterocycles. The number of pyridine rings is 1. The van der Waals surface area contributed by atoms with Gasteiger partial charge in [0.2, 0.25) is 5.95 Å². The van der Waals surface area contributed by atoms with Gasteiger partial charge < -0.3 is 5.11 Å². The van der Waals surface area contributed by atoms with Crippen molar-refractivity contribution in [1.29, 1.82) is 0 Å². The lowest BCUT2D eigenvalue weighted by Crippen LogP contribution is -2.20. The van der Waals surface area contributed by atoms with E-state index in [1.54, 1.807) is 0 Å². The van der Waals surface area contributed by atoms with Crippen LogP contribution in [-0.4, -0.2) is 16.3 Å². The molecule has 0 saturated carbocycles. The lowest BCUT2D eigenvalue weighted by atomic mass is 10.1. The molecule has 1 atom stereocenters. The number of rotatable bonds is 1. The average Bonchev–Trinajstić information content (AvgIpc) is 2.03. The summed E-state index contributed by atoms with van der Waals surface area (Å²) in [5.74, 6) is -0.891. The predicted molar refractivity (Wildman–Crippen MR) is 35.2 cm³/mol. The van der Waals surface area contributed by atoms with Crippen molar-refractivity contribution in [3.05, 3.63) is 29.8 Å². The Balaban J connectivity index is 2.90. The first kappa shape index (κ1) is 9.91. The number of aromatic nitrogens is 1. The number of aliphatic hydroxyl groups is 1. The Bertz CT molecular complexity index is 282. The maximum Gasteiger partial charge on any atom is 0.418 e. The SMILES string of the molecule is O[C@H](c1ccc(F)nc1)C(F)(F)F. The second-order valence-electron chi connectivity index (χ2n) is 2.36. The predicted octanol–water partition coefficient (Wildman–Crippen LogP) is 1.82. The number of halogens is 4. The molecule has 0 bridgehead atoms. The van der Waals surface area contributed by atoms with Crippen LogP contribution in [0.1, 0.15) is 11.7 Å². The summed E-state index contributed by atoms with van der Waals surface area (Å²) in [6, 6.07) is 1.59. The summed E-state index contributed by atoms with van der Waals surface area (Å²) < 4.78 is 47.8. The van der Waals surface area contributed by atoms with E-state index < -0.39 is 23.8 Å². The second kappa shape index (κ2) is 3.29. The smallest absolute Gasteiger partial charge is 0.379 e. The van der Waals surface area contributed by atoms with Gasteiger partial charge in [0, 0.05) is 11.8 Å². The van der Waals surface area contributed by atoms with Gasteiger partial charge in [0.15, 0.2) is 6.10 Å². The van der Waals surface area contributed by atoms with Crippen molar-refractivity contribution >= 4 is 0 Å². The molecular weight excluding hydrogens is 190 g/mol. The minimum absolute atomic E-state index is 0.478. The molecule has 0 saturated heterocycles. The van der Waals surface area contributed by atoms with Crippen molar-refractivity contribution in [2.24, 2.45) is 0 Å². The number of hydrogen-bond donors (Lipinski definition) is 1. The van der Waals surface area contributed by atoms with Crippen LogP contribution in [0.3, 0.4) is 0 Å². The molecule has 6 heteroatoms. The van der Waals surface area contributed by atoms with Crippen LogP contribution < -0.4 is 0 Å². The number of nitrogens with zero attached hydrogens (tertiary/aromatic N) is 1. The molecule has 13 heavy (non-hydrogen) atoms. The quantitative estimate of drug-likeness (QED) is 0.547. The molecule has 0 aliphatic carbocycles. The van der Waals surface area contributed by atoms with Crippen molar-refractivity contribution in [2.75, 3.05) is 0 Å². The van der Waals surface area contributed by atoms with Crippen LogP contribution in [0.2, 0.25) is 0 Å². The van der Waals surface area contributed by atoms with E-state index in [0.717, 1.165) is 12.1 Å². The first-order valence-corrected chi connectivity index (χ1v) is 3.27. The summed E-state index contributed by atoms with van der Waals surface area (Å²) in [7, 11) is 0. The van der Waals surface area contributed by atoms with Crippen molar-refractivity contribution in [3.63, 3.8) is 0 Å². The lowest BCUT2D eigenvalue weighted by Gasteiger charge is -2.13. The topological polar surface area (TPSA) is 33.1 Å². The van der Waals surface area contributed by atoms with Gasteiger partial charge in [0.25, 0.3) is 0 Å². The zero-order valence-electron chi connectivity index (χ0n) is 6.22. The fraction of sp³-hybridized carbons (Fsp3) is 0.286. The Morgan fingerprint density at radius 2 is 1.92 bits per heavy atom. The molecule has 0 aliphatic heterocycles. The van der Waals surface area contributed by atoms with Gasteiger partial charge in [-0.2, -0.15) is 17.6 Å². The van der Waals surface area contributed by atoms with E-state index in [9.17, 15) is 17.6 Å². The standard InChI is InChI=1S/C7H5F4NO/c8-5-2-1-4(3-12-5)6(13)7(9,10)11/h1-3,6,13H/t6-/m1/s1. The number of alkyl halides is 3. The van der Waals surface area contributed by atoms with Crippen molar-refractivity contribution in [2.45, 2.75) is 12.3 Å². The zero-order chi connectivity index (χ0) is 10.1. The molecule has 0 aromatic carbocycles. The maximum atomic E-state index is 12.2. The van der Waals surface area contributed by atoms with Gasteiger partial charge in [-0.25, -0.2) is 4.98 Å². The summed E-state index contributed by atoms with van der Waals surface area (Å²) in [6.07, 6.45) is -6.71. The van der Waals surface area contributed by atoms with Crippen LogP contribution in [0, 0.1) is 5.95 Å². The van der Waals surface area contributed by atoms with Gasteiger partial charge in [-0.3, -0.25) is 0 Å². The highest BCUT2D eigenvalue weighted by Crippen LogP contribution is 2.31. The van der Waals surface area contributed by atoms with Crippen molar-refractivity contribution in [3.8, 4) is 0 Å². The third-order valence-corrected chi connectivity index (χ3v) is 1.38. The zero-order valence-corrected chi connectivity index (χ0v) is 6.22. The molecule has 1 heterocycles. The maximum absolute atomic E-state index is 12.2. The Kier molecular flexibility index (Phi) is 2.51. The minimum atomic E-state index is -4.75. The third-order valence-electron chi connectivity index (χ3n) is 1.38. The van der Waals surface area contributed by atoms with Crippen LogP contribution in [0.4, 0.5) is 17.6 Å². The monoisotopic (exact) mass is 195 g/mol. The van der Waals surface area contributed by atoms with Gasteiger partial charge in [0.1, 0.15) is 0 Å². The van der Waals surface area contributed by atoms with E-state index in [-0.39, 0.29) is 0 Å². The van der Waals surface area contributed by atoms with E-state index in [4.69, 9.17) is 5.11 Å². The van der Waals surface area contributed by atoms with E-state index in [0.29, 0.717) is 6.20 Å². The van der Waals surface area contributed by atoms with Crippen molar-refractivity contribution in [1.82, 2.24) is 4.98 Å². The number of hydrogen-bond acceptors (Lipinski definition) is 2. The van der Waals surface area contributed by atoms with Gasteiger partial charge in [-0.1, -0.05) is 6.07 Å². The first-order valence-electron chi connectivity index (χ1n) is 3.27. The molecule has 1 aromatic rings. The van der Waals surface area contributed by atoms with Gasteiger partial charge in [-0.05, 0) is 6.07 Å². The van der Waals surface area contributed by atoms with Crippen molar-refractivity contribution < 1.29 is 22.7 Å². The van der Waals surface area contributed by atoms with E-state index in [2.05, 4.69) is 4.98 Å². The number of aliphatic hydroxyl groups excluding tert-OH is 1. The Hall–Kier alpha value is -1.17. The largest absolute Gasteiger partial charge is 0.418 e. The highest BCUT2D eigenvalue weighted by molar-refractivity contribution is 5.13. The van der Waals surface area contributed by atoms with E-state index in [1.165, 1.54) is 0 Å². The summed E-state index contributed by atoms with van der Waals surface area (Å²) in [5.41, 5.74) is -0.478. The molecular formula is C7H5F4NO. The van der Waals surface area contributed by atoms with E-state index >= 15 is 0 Å². The molecule has 0 amide bonds. The molecule has 0 aliphatic rings. The highest BCUT2D eigenvalue weighted by Gasteiger charge is 2.39. The molecule has 0 spiro atoms. The fourth-order valence-electron chi connectivity index (χ4n) is 0.738. The Morgan fingerprint density at radius 1 is 1.31 bits per heavy atom. The van der Waals surface area contributed by atoms with Crippen LogP contribution in [0.15, 0.2) is 18.3 Å². The minimum Gasteiger partial charge on any atom is -0.379 e. The molecule has 1 rings (SSSR count). The summed E-state index contributed by atoms with van der Waals surface area (Å²) >= 11 is 0. The summed E-state index contributed by atoms with van der Waals surface area (Å²) in [5, 5.41) is 8.66. The van der Waals surface area contributed by atoms with Crippen LogP contribution in [-0.2, 0) is 0 Å². The molecule has 0 unspecified atom stereocenters. The lowest BCUT2D eigenvalue weighted by molar-refractivity contribution is -0.206. The Labute approximate surface area is 70.8 Å². The molecule has 1 N–H and O–H groups in total. The van der Waals surface area contributed by atoms with Gasteiger partial charge >= 0.3 is 6.18 Å². The highest BCUT2D eigenvalue weighted by atomic mass is 19.4. The average molecular weight is 195 g/mol.